The van der Waals surface area contributed by atoms with E-state index in [0.29, 0.717) is 5.89 Å². The van der Waals surface area contributed by atoms with Gasteiger partial charge in [0.25, 0.3) is 0 Å². The quantitative estimate of drug-likeness (QED) is 0.694. The molecule has 1 atom stereocenters. The first kappa shape index (κ1) is 14.8. The molecule has 20 heavy (non-hydrogen) atoms. The Morgan fingerprint density at radius 1 is 1.40 bits per heavy atom. The summed E-state index contributed by atoms with van der Waals surface area (Å²) in [5.74, 6) is 0.696. The van der Waals surface area contributed by atoms with Crippen molar-refractivity contribution in [3.05, 3.63) is 35.2 Å². The van der Waals surface area contributed by atoms with Gasteiger partial charge in [-0.15, -0.1) is 11.3 Å². The van der Waals surface area contributed by atoms with Crippen molar-refractivity contribution < 1.29 is 13.2 Å². The number of aryl methyl sites for hydroxylation is 2. The van der Waals surface area contributed by atoms with Crippen molar-refractivity contribution in [2.45, 2.75) is 13.8 Å². The lowest BCUT2D eigenvalue weighted by Crippen LogP contribution is -1.97. The second kappa shape index (κ2) is 6.23. The number of hydrogen-bond donors (Lipinski definition) is 1. The minimum Gasteiger partial charge on any atom is -0.760 e. The molecule has 8 heteroatoms. The van der Waals surface area contributed by atoms with E-state index < -0.39 is 11.3 Å². The van der Waals surface area contributed by atoms with Crippen LogP contribution in [-0.2, 0) is 11.3 Å². The Kier molecular flexibility index (Phi) is 4.61. The van der Waals surface area contributed by atoms with E-state index in [2.05, 4.69) is 21.2 Å². The third-order valence-corrected chi connectivity index (χ3v) is 3.32. The predicted octanol–water partition coefficient (Wildman–Crippen LogP) is 2.31. The molecule has 0 radical (unpaired) electrons. The SMILES string of the molecule is Cc1nc2c(C)ccc(-c3nccs3)c2o1.NS(=O)[O-]. The van der Waals surface area contributed by atoms with Gasteiger partial charge in [0.1, 0.15) is 10.5 Å². The standard InChI is InChI=1S/C12H10N2OS.H3NO2S/c1-7-3-4-9(12-13-5-6-16-12)11-10(7)14-8(2)15-11;1-4(2)3/h3-6H,1-2H3;1H2,(H,2,3)/p-1. The summed E-state index contributed by atoms with van der Waals surface area (Å²) in [5.41, 5.74) is 3.93. The highest BCUT2D eigenvalue weighted by Crippen LogP contribution is 2.31. The Balaban J connectivity index is 0.000000328. The molecule has 0 aliphatic heterocycles. The van der Waals surface area contributed by atoms with Crippen molar-refractivity contribution in [1.29, 1.82) is 0 Å². The summed E-state index contributed by atoms with van der Waals surface area (Å²) < 4.78 is 23.2. The lowest BCUT2D eigenvalue weighted by Gasteiger charge is -1.98. The third kappa shape index (κ3) is 3.28. The fourth-order valence-electron chi connectivity index (χ4n) is 1.76. The van der Waals surface area contributed by atoms with Crippen LogP contribution in [0.25, 0.3) is 21.7 Å². The summed E-state index contributed by atoms with van der Waals surface area (Å²) in [4.78, 5) is 8.70. The van der Waals surface area contributed by atoms with E-state index in [1.807, 2.05) is 25.3 Å². The summed E-state index contributed by atoms with van der Waals surface area (Å²) in [5, 5.41) is 6.96. The number of nitrogens with two attached hydrogens (primary N) is 1. The summed E-state index contributed by atoms with van der Waals surface area (Å²) in [6.07, 6.45) is 1.80. The molecule has 0 aliphatic carbocycles. The molecule has 0 fully saturated rings. The second-order valence-electron chi connectivity index (χ2n) is 3.94. The van der Waals surface area contributed by atoms with Crippen LogP contribution in [0.3, 0.4) is 0 Å². The van der Waals surface area contributed by atoms with E-state index in [1.165, 1.54) is 0 Å². The van der Waals surface area contributed by atoms with Gasteiger partial charge in [0.05, 0.1) is 5.56 Å². The maximum absolute atomic E-state index is 8.78. The van der Waals surface area contributed by atoms with Crippen LogP contribution in [0.1, 0.15) is 11.5 Å². The monoisotopic (exact) mass is 310 g/mol. The molecular weight excluding hydrogens is 298 g/mol. The zero-order valence-corrected chi connectivity index (χ0v) is 12.5. The number of aromatic nitrogens is 2. The van der Waals surface area contributed by atoms with Gasteiger partial charge in [-0.3, -0.25) is 9.35 Å². The number of fused-ring (bicyclic) bond motifs is 1. The number of rotatable bonds is 1. The van der Waals surface area contributed by atoms with E-state index >= 15 is 0 Å². The van der Waals surface area contributed by atoms with Crippen LogP contribution in [0.2, 0.25) is 0 Å². The minimum atomic E-state index is -2.36. The fourth-order valence-corrected chi connectivity index (χ4v) is 2.42. The lowest BCUT2D eigenvalue weighted by molar-refractivity contribution is 0.538. The van der Waals surface area contributed by atoms with Gasteiger partial charge in [-0.1, -0.05) is 6.07 Å². The lowest BCUT2D eigenvalue weighted by atomic mass is 10.1. The molecular formula is C12H12N3O3S2-. The summed E-state index contributed by atoms with van der Waals surface area (Å²) in [6.45, 7) is 3.90. The molecule has 1 aromatic carbocycles. The van der Waals surface area contributed by atoms with Crippen LogP contribution in [0.15, 0.2) is 28.1 Å². The van der Waals surface area contributed by atoms with Gasteiger partial charge in [0.15, 0.2) is 11.5 Å². The van der Waals surface area contributed by atoms with E-state index in [4.69, 9.17) is 13.2 Å². The Labute approximate surface area is 122 Å². The molecule has 0 saturated heterocycles. The Bertz CT molecular complexity index is 734. The van der Waals surface area contributed by atoms with Gasteiger partial charge < -0.3 is 8.97 Å². The van der Waals surface area contributed by atoms with E-state index in [-0.39, 0.29) is 0 Å². The minimum absolute atomic E-state index is 0.696. The van der Waals surface area contributed by atoms with Gasteiger partial charge in [-0.2, -0.15) is 0 Å². The molecule has 2 aromatic heterocycles. The van der Waals surface area contributed by atoms with Gasteiger partial charge in [0, 0.05) is 29.8 Å². The van der Waals surface area contributed by atoms with Crippen molar-refractivity contribution in [3.8, 4) is 10.6 Å². The van der Waals surface area contributed by atoms with Gasteiger partial charge in [-0.05, 0) is 18.6 Å². The molecule has 0 bridgehead atoms. The van der Waals surface area contributed by atoms with Crippen molar-refractivity contribution in [2.24, 2.45) is 5.14 Å². The Morgan fingerprint density at radius 2 is 2.10 bits per heavy atom. The maximum Gasteiger partial charge on any atom is 0.192 e. The molecule has 2 N–H and O–H groups in total. The number of benzene rings is 1. The Morgan fingerprint density at radius 3 is 2.70 bits per heavy atom. The molecule has 0 aliphatic rings. The zero-order valence-electron chi connectivity index (χ0n) is 10.8. The number of nitrogens with zero attached hydrogens (tertiary/aromatic N) is 2. The first-order valence-corrected chi connectivity index (χ1v) is 7.61. The predicted molar refractivity (Wildman–Crippen MR) is 77.7 cm³/mol. The van der Waals surface area contributed by atoms with Crippen LogP contribution >= 0.6 is 11.3 Å². The summed E-state index contributed by atoms with van der Waals surface area (Å²) in [6, 6.07) is 4.10. The number of hydrogen-bond acceptors (Lipinski definition) is 6. The topological polar surface area (TPSA) is 105 Å². The summed E-state index contributed by atoms with van der Waals surface area (Å²) in [7, 11) is 0. The average molecular weight is 310 g/mol. The van der Waals surface area contributed by atoms with Crippen molar-refractivity contribution in [3.63, 3.8) is 0 Å². The molecule has 3 aromatic rings. The molecule has 6 nitrogen and oxygen atoms in total. The highest BCUT2D eigenvalue weighted by atomic mass is 32.2. The van der Waals surface area contributed by atoms with Crippen LogP contribution in [-0.4, -0.2) is 18.7 Å². The first-order valence-electron chi connectivity index (χ1n) is 5.59. The van der Waals surface area contributed by atoms with E-state index in [9.17, 15) is 0 Å². The van der Waals surface area contributed by atoms with Gasteiger partial charge >= 0.3 is 0 Å². The molecule has 1 unspecified atom stereocenters. The molecule has 0 saturated carbocycles. The molecule has 3 rings (SSSR count). The van der Waals surface area contributed by atoms with Gasteiger partial charge in [-0.25, -0.2) is 9.97 Å². The van der Waals surface area contributed by atoms with Crippen molar-refractivity contribution in [2.75, 3.05) is 0 Å². The number of oxazole rings is 1. The van der Waals surface area contributed by atoms with Crippen molar-refractivity contribution >= 4 is 33.7 Å². The first-order chi connectivity index (χ1) is 9.49. The zero-order chi connectivity index (χ0) is 14.7. The summed E-state index contributed by atoms with van der Waals surface area (Å²) >= 11 is -0.754. The largest absolute Gasteiger partial charge is 0.760 e. The van der Waals surface area contributed by atoms with Gasteiger partial charge in [0.2, 0.25) is 0 Å². The van der Waals surface area contributed by atoms with Crippen LogP contribution in [0.5, 0.6) is 0 Å². The smallest absolute Gasteiger partial charge is 0.192 e. The van der Waals surface area contributed by atoms with Crippen molar-refractivity contribution in [1.82, 2.24) is 9.97 Å². The molecule has 106 valence electrons. The van der Waals surface area contributed by atoms with E-state index in [1.54, 1.807) is 17.5 Å². The Hall–Kier alpha value is -1.61. The van der Waals surface area contributed by atoms with Crippen LogP contribution in [0.4, 0.5) is 0 Å². The molecule has 0 spiro atoms. The highest BCUT2D eigenvalue weighted by Gasteiger charge is 2.13. The normalized spacial score (nSPS) is 12.0. The second-order valence-corrected chi connectivity index (χ2v) is 5.35. The maximum atomic E-state index is 8.78. The molecule has 0 amide bonds. The van der Waals surface area contributed by atoms with Crippen LogP contribution in [0, 0.1) is 13.8 Å². The average Bonchev–Trinajstić information content (AvgIpc) is 2.97. The molecule has 2 heterocycles. The number of thiazole rings is 1. The highest BCUT2D eigenvalue weighted by molar-refractivity contribution is 7.76. The third-order valence-electron chi connectivity index (χ3n) is 2.51. The van der Waals surface area contributed by atoms with E-state index in [0.717, 1.165) is 27.2 Å². The van der Waals surface area contributed by atoms with Crippen LogP contribution < -0.4 is 5.14 Å². The fraction of sp³-hybridized carbons (Fsp3) is 0.167.